The number of hydrogen-bond donors (Lipinski definition) is 1. The van der Waals surface area contributed by atoms with E-state index in [1.807, 2.05) is 12.3 Å². The third-order valence-electron chi connectivity index (χ3n) is 3.95. The Bertz CT molecular complexity index is 559. The number of pyridine rings is 1. The summed E-state index contributed by atoms with van der Waals surface area (Å²) in [6.07, 6.45) is 8.44. The third-order valence-corrected chi connectivity index (χ3v) is 3.95. The summed E-state index contributed by atoms with van der Waals surface area (Å²) in [5.74, 6) is 1.08. The van der Waals surface area contributed by atoms with Crippen LogP contribution in [0.1, 0.15) is 41.7 Å². The van der Waals surface area contributed by atoms with Gasteiger partial charge in [-0.3, -0.25) is 4.98 Å². The van der Waals surface area contributed by atoms with Gasteiger partial charge < -0.3 is 10.3 Å². The number of hydrogen-bond acceptors (Lipinski definition) is 3. The molecule has 0 bridgehead atoms. The van der Waals surface area contributed by atoms with Crippen LogP contribution in [0.15, 0.2) is 24.5 Å². The minimum atomic E-state index is 0.156. The molecule has 1 aliphatic carbocycles. The first-order valence-electron chi connectivity index (χ1n) is 6.98. The summed E-state index contributed by atoms with van der Waals surface area (Å²) in [6, 6.07) is 4.22. The molecule has 0 radical (unpaired) electrons. The predicted octanol–water partition coefficient (Wildman–Crippen LogP) is 2.01. The maximum absolute atomic E-state index is 6.02. The van der Waals surface area contributed by atoms with Crippen molar-refractivity contribution >= 4 is 0 Å². The Kier molecular flexibility index (Phi) is 3.34. The normalized spacial score (nSPS) is 16.1. The first-order chi connectivity index (χ1) is 9.31. The summed E-state index contributed by atoms with van der Waals surface area (Å²) in [6.45, 7) is 2.66. The number of aromatic nitrogens is 3. The Morgan fingerprint density at radius 2 is 2.21 bits per heavy atom. The van der Waals surface area contributed by atoms with Gasteiger partial charge in [0.15, 0.2) is 0 Å². The van der Waals surface area contributed by atoms with Crippen LogP contribution in [0.25, 0.3) is 0 Å². The van der Waals surface area contributed by atoms with Gasteiger partial charge in [-0.2, -0.15) is 0 Å². The van der Waals surface area contributed by atoms with E-state index in [1.165, 1.54) is 29.8 Å². The average molecular weight is 256 g/mol. The molecule has 2 N–H and O–H groups in total. The molecule has 0 aromatic carbocycles. The molecule has 100 valence electrons. The lowest BCUT2D eigenvalue weighted by Crippen LogP contribution is -2.24. The van der Waals surface area contributed by atoms with Gasteiger partial charge in [0.25, 0.3) is 0 Å². The maximum Gasteiger partial charge on any atom is 0.106 e. The number of rotatable bonds is 3. The van der Waals surface area contributed by atoms with Gasteiger partial charge in [0, 0.05) is 24.6 Å². The van der Waals surface area contributed by atoms with Crippen molar-refractivity contribution in [3.8, 4) is 0 Å². The van der Waals surface area contributed by atoms with Crippen molar-refractivity contribution in [2.45, 2.75) is 38.6 Å². The van der Waals surface area contributed by atoms with E-state index in [4.69, 9.17) is 10.7 Å². The van der Waals surface area contributed by atoms with Gasteiger partial charge in [-0.05, 0) is 44.2 Å². The van der Waals surface area contributed by atoms with Crippen LogP contribution in [0.4, 0.5) is 0 Å². The molecule has 0 aliphatic heterocycles. The topological polar surface area (TPSA) is 56.7 Å². The largest absolute Gasteiger partial charge is 0.328 e. The number of aryl methyl sites for hydroxylation is 2. The molecule has 1 unspecified atom stereocenters. The highest BCUT2D eigenvalue weighted by atomic mass is 15.1. The molecule has 0 fully saturated rings. The molecule has 0 saturated heterocycles. The lowest BCUT2D eigenvalue weighted by atomic mass is 10.00. The van der Waals surface area contributed by atoms with E-state index in [0.29, 0.717) is 6.54 Å². The van der Waals surface area contributed by atoms with E-state index in [0.717, 1.165) is 18.7 Å². The number of nitrogens with zero attached hydrogens (tertiary/aromatic N) is 3. The summed E-state index contributed by atoms with van der Waals surface area (Å²) in [7, 11) is 0. The smallest absolute Gasteiger partial charge is 0.106 e. The zero-order valence-corrected chi connectivity index (χ0v) is 11.3. The Hall–Kier alpha value is -1.68. The van der Waals surface area contributed by atoms with Gasteiger partial charge in [-0.25, -0.2) is 4.98 Å². The summed E-state index contributed by atoms with van der Waals surface area (Å²) in [4.78, 5) is 8.95. The van der Waals surface area contributed by atoms with Crippen LogP contribution in [-0.4, -0.2) is 21.1 Å². The fraction of sp³-hybridized carbons (Fsp3) is 0.467. The lowest BCUT2D eigenvalue weighted by Gasteiger charge is -2.23. The summed E-state index contributed by atoms with van der Waals surface area (Å²) < 4.78 is 2.32. The molecule has 1 atom stereocenters. The van der Waals surface area contributed by atoms with Crippen molar-refractivity contribution in [2.75, 3.05) is 6.54 Å². The number of imidazole rings is 1. The molecule has 4 heteroatoms. The van der Waals surface area contributed by atoms with Crippen molar-refractivity contribution < 1.29 is 0 Å². The van der Waals surface area contributed by atoms with Crippen LogP contribution >= 0.6 is 0 Å². The van der Waals surface area contributed by atoms with E-state index < -0.39 is 0 Å². The van der Waals surface area contributed by atoms with Crippen molar-refractivity contribution in [1.82, 2.24) is 14.5 Å². The minimum absolute atomic E-state index is 0.156. The van der Waals surface area contributed by atoms with Crippen LogP contribution in [-0.2, 0) is 12.8 Å². The molecular formula is C15H20N4. The van der Waals surface area contributed by atoms with E-state index in [-0.39, 0.29) is 6.04 Å². The fourth-order valence-electron chi connectivity index (χ4n) is 3.08. The molecule has 4 nitrogen and oxygen atoms in total. The second-order valence-corrected chi connectivity index (χ2v) is 5.17. The molecule has 3 rings (SSSR count). The molecule has 19 heavy (non-hydrogen) atoms. The first kappa shape index (κ1) is 12.4. The zero-order chi connectivity index (χ0) is 13.2. The molecule has 2 aromatic rings. The van der Waals surface area contributed by atoms with Gasteiger partial charge in [0.05, 0.1) is 11.7 Å². The molecule has 2 heterocycles. The third kappa shape index (κ3) is 2.16. The quantitative estimate of drug-likeness (QED) is 0.914. The van der Waals surface area contributed by atoms with Crippen LogP contribution in [0.5, 0.6) is 0 Å². The van der Waals surface area contributed by atoms with Crippen molar-refractivity contribution in [1.29, 1.82) is 0 Å². The first-order valence-corrected chi connectivity index (χ1v) is 6.98. The summed E-state index contributed by atoms with van der Waals surface area (Å²) >= 11 is 0. The van der Waals surface area contributed by atoms with Crippen molar-refractivity contribution in [2.24, 2.45) is 5.73 Å². The van der Waals surface area contributed by atoms with Crippen LogP contribution in [0.3, 0.4) is 0 Å². The highest BCUT2D eigenvalue weighted by Crippen LogP contribution is 2.28. The maximum atomic E-state index is 6.02. The summed E-state index contributed by atoms with van der Waals surface area (Å²) in [5.41, 5.74) is 9.83. The highest BCUT2D eigenvalue weighted by Gasteiger charge is 2.23. The number of fused-ring (bicyclic) bond motifs is 1. The average Bonchev–Trinajstić information content (AvgIpc) is 2.78. The fourth-order valence-corrected chi connectivity index (χ4v) is 3.08. The highest BCUT2D eigenvalue weighted by molar-refractivity contribution is 5.25. The molecule has 2 aromatic heterocycles. The molecule has 0 amide bonds. The SMILES string of the molecule is Cc1nc2c(n1C(CN)c1cccnc1)CCCC2. The van der Waals surface area contributed by atoms with Gasteiger partial charge in [-0.15, -0.1) is 0 Å². The lowest BCUT2D eigenvalue weighted by molar-refractivity contribution is 0.536. The van der Waals surface area contributed by atoms with Gasteiger partial charge in [0.1, 0.15) is 5.82 Å². The van der Waals surface area contributed by atoms with Gasteiger partial charge in [0.2, 0.25) is 0 Å². The standard InChI is InChI=1S/C15H20N4/c1-11-18-13-6-2-3-7-14(13)19(11)15(9-16)12-5-4-8-17-10-12/h4-5,8,10,15H,2-3,6-7,9,16H2,1H3. The molecule has 1 aliphatic rings. The van der Waals surface area contributed by atoms with Crippen molar-refractivity contribution in [3.63, 3.8) is 0 Å². The zero-order valence-electron chi connectivity index (χ0n) is 11.3. The molecule has 0 saturated carbocycles. The van der Waals surface area contributed by atoms with Crippen molar-refractivity contribution in [3.05, 3.63) is 47.3 Å². The predicted molar refractivity (Wildman–Crippen MR) is 75.0 cm³/mol. The monoisotopic (exact) mass is 256 g/mol. The summed E-state index contributed by atoms with van der Waals surface area (Å²) in [5, 5.41) is 0. The van der Waals surface area contributed by atoms with E-state index >= 15 is 0 Å². The number of nitrogens with two attached hydrogens (primary N) is 1. The Labute approximate surface area is 113 Å². The minimum Gasteiger partial charge on any atom is -0.328 e. The van der Waals surface area contributed by atoms with Crippen LogP contribution in [0, 0.1) is 6.92 Å². The Morgan fingerprint density at radius 1 is 1.37 bits per heavy atom. The van der Waals surface area contributed by atoms with E-state index in [9.17, 15) is 0 Å². The second-order valence-electron chi connectivity index (χ2n) is 5.17. The molecular weight excluding hydrogens is 236 g/mol. The van der Waals surface area contributed by atoms with Gasteiger partial charge in [-0.1, -0.05) is 6.07 Å². The van der Waals surface area contributed by atoms with E-state index in [1.54, 1.807) is 6.20 Å². The second kappa shape index (κ2) is 5.13. The Balaban J connectivity index is 2.07. The van der Waals surface area contributed by atoms with E-state index in [2.05, 4.69) is 22.5 Å². The van der Waals surface area contributed by atoms with Crippen LogP contribution < -0.4 is 5.73 Å². The van der Waals surface area contributed by atoms with Gasteiger partial charge >= 0.3 is 0 Å². The molecule has 0 spiro atoms. The van der Waals surface area contributed by atoms with Crippen LogP contribution in [0.2, 0.25) is 0 Å². The Morgan fingerprint density at radius 3 is 2.95 bits per heavy atom.